The zero-order chi connectivity index (χ0) is 14.3. The van der Waals surface area contributed by atoms with Gasteiger partial charge in [0.1, 0.15) is 11.5 Å². The third-order valence-electron chi connectivity index (χ3n) is 4.16. The molecule has 0 saturated heterocycles. The van der Waals surface area contributed by atoms with Crippen LogP contribution in [0.25, 0.3) is 11.0 Å². The summed E-state index contributed by atoms with van der Waals surface area (Å²) in [5.41, 5.74) is 2.51. The van der Waals surface area contributed by atoms with Gasteiger partial charge in [0.05, 0.1) is 0 Å². The number of aromatic nitrogens is 2. The number of hydrogen-bond acceptors (Lipinski definition) is 2. The molecular formula is C17H26ClN3. The molecule has 1 aliphatic carbocycles. The summed E-state index contributed by atoms with van der Waals surface area (Å²) in [5.74, 6) is 2.42. The Morgan fingerprint density at radius 1 is 1.24 bits per heavy atom. The molecule has 3 rings (SSSR count). The Morgan fingerprint density at radius 3 is 2.52 bits per heavy atom. The molecule has 0 atom stereocenters. The van der Waals surface area contributed by atoms with Crippen LogP contribution in [0, 0.1) is 5.92 Å². The molecule has 1 N–H and O–H groups in total. The maximum atomic E-state index is 4.85. The third kappa shape index (κ3) is 3.34. The van der Waals surface area contributed by atoms with Crippen LogP contribution >= 0.6 is 12.4 Å². The molecule has 0 spiro atoms. The Hall–Kier alpha value is -1.22. The van der Waals surface area contributed by atoms with Gasteiger partial charge in [-0.05, 0) is 56.2 Å². The molecule has 3 nitrogen and oxygen atoms in total. The van der Waals surface area contributed by atoms with Crippen LogP contribution in [0.1, 0.15) is 58.1 Å². The lowest BCUT2D eigenvalue weighted by Gasteiger charge is -2.10. The molecule has 0 unspecified atom stereocenters. The Balaban J connectivity index is 0.00000161. The average Bonchev–Trinajstić information content (AvgIpc) is 3.14. The lowest BCUT2D eigenvalue weighted by Crippen LogP contribution is -2.06. The second kappa shape index (κ2) is 6.27. The molecule has 1 aliphatic rings. The van der Waals surface area contributed by atoms with Gasteiger partial charge in [-0.25, -0.2) is 4.98 Å². The Labute approximate surface area is 133 Å². The van der Waals surface area contributed by atoms with E-state index in [1.165, 1.54) is 23.8 Å². The quantitative estimate of drug-likeness (QED) is 0.844. The van der Waals surface area contributed by atoms with Gasteiger partial charge in [0.25, 0.3) is 0 Å². The Morgan fingerprint density at radius 2 is 1.95 bits per heavy atom. The topological polar surface area (TPSA) is 29.9 Å². The average molecular weight is 308 g/mol. The number of anilines is 1. The van der Waals surface area contributed by atoms with Crippen molar-refractivity contribution < 1.29 is 0 Å². The van der Waals surface area contributed by atoms with E-state index in [4.69, 9.17) is 4.98 Å². The van der Waals surface area contributed by atoms with Crippen molar-refractivity contribution in [3.8, 4) is 0 Å². The van der Waals surface area contributed by atoms with Gasteiger partial charge in [0.2, 0.25) is 0 Å². The number of rotatable bonds is 5. The van der Waals surface area contributed by atoms with Crippen molar-refractivity contribution in [1.29, 1.82) is 0 Å². The first-order valence-electron chi connectivity index (χ1n) is 7.81. The standard InChI is InChI=1S/C17H25N3.ClH/c1-11(2)15-10-20(12(3)4)17-14(15)7-8-16(19-17)18-9-13-5-6-13;/h7-8,10-13H,5-6,9H2,1-4H3,(H,18,19);1H. The first-order valence-corrected chi connectivity index (χ1v) is 7.81. The van der Waals surface area contributed by atoms with Crippen LogP contribution in [0.15, 0.2) is 18.3 Å². The number of pyridine rings is 1. The van der Waals surface area contributed by atoms with Crippen molar-refractivity contribution in [2.24, 2.45) is 5.92 Å². The molecular weight excluding hydrogens is 282 g/mol. The van der Waals surface area contributed by atoms with Crippen LogP contribution < -0.4 is 5.32 Å². The minimum absolute atomic E-state index is 0. The number of halogens is 1. The van der Waals surface area contributed by atoms with Crippen molar-refractivity contribution in [2.75, 3.05) is 11.9 Å². The first-order chi connectivity index (χ1) is 9.56. The molecule has 2 aromatic heterocycles. The summed E-state index contributed by atoms with van der Waals surface area (Å²) in [6, 6.07) is 4.80. The smallest absolute Gasteiger partial charge is 0.142 e. The summed E-state index contributed by atoms with van der Waals surface area (Å²) in [7, 11) is 0. The van der Waals surface area contributed by atoms with Crippen molar-refractivity contribution in [3.05, 3.63) is 23.9 Å². The van der Waals surface area contributed by atoms with E-state index in [0.29, 0.717) is 12.0 Å². The minimum Gasteiger partial charge on any atom is -0.370 e. The fourth-order valence-electron chi connectivity index (χ4n) is 2.67. The van der Waals surface area contributed by atoms with E-state index in [1.54, 1.807) is 0 Å². The van der Waals surface area contributed by atoms with Crippen molar-refractivity contribution in [2.45, 2.75) is 52.5 Å². The largest absolute Gasteiger partial charge is 0.370 e. The zero-order valence-electron chi connectivity index (χ0n) is 13.4. The summed E-state index contributed by atoms with van der Waals surface area (Å²) in [6.07, 6.45) is 5.02. The molecule has 0 amide bonds. The Kier molecular flexibility index (Phi) is 4.82. The summed E-state index contributed by atoms with van der Waals surface area (Å²) in [6.45, 7) is 10.0. The number of hydrogen-bond donors (Lipinski definition) is 1. The zero-order valence-corrected chi connectivity index (χ0v) is 14.2. The molecule has 4 heteroatoms. The highest BCUT2D eigenvalue weighted by atomic mass is 35.5. The third-order valence-corrected chi connectivity index (χ3v) is 4.16. The summed E-state index contributed by atoms with van der Waals surface area (Å²) in [4.78, 5) is 4.85. The molecule has 0 aliphatic heterocycles. The van der Waals surface area contributed by atoms with Gasteiger partial charge in [-0.15, -0.1) is 12.4 Å². The van der Waals surface area contributed by atoms with E-state index < -0.39 is 0 Å². The lowest BCUT2D eigenvalue weighted by molar-refractivity contribution is 0.614. The maximum absolute atomic E-state index is 4.85. The van der Waals surface area contributed by atoms with Gasteiger partial charge in [-0.3, -0.25) is 0 Å². The maximum Gasteiger partial charge on any atom is 0.142 e. The van der Waals surface area contributed by atoms with E-state index in [9.17, 15) is 0 Å². The van der Waals surface area contributed by atoms with Gasteiger partial charge in [0.15, 0.2) is 0 Å². The molecule has 116 valence electrons. The van der Waals surface area contributed by atoms with E-state index in [0.717, 1.165) is 23.9 Å². The van der Waals surface area contributed by atoms with E-state index in [1.807, 2.05) is 0 Å². The normalized spacial score (nSPS) is 14.8. The van der Waals surface area contributed by atoms with Crippen molar-refractivity contribution in [1.82, 2.24) is 9.55 Å². The van der Waals surface area contributed by atoms with E-state index >= 15 is 0 Å². The molecule has 21 heavy (non-hydrogen) atoms. The van der Waals surface area contributed by atoms with E-state index in [2.05, 4.69) is 55.9 Å². The SMILES string of the molecule is CC(C)c1cn(C(C)C)c2nc(NCC3CC3)ccc12.Cl. The Bertz CT molecular complexity index is 612. The predicted octanol–water partition coefficient (Wildman–Crippen LogP) is 4.98. The van der Waals surface area contributed by atoms with Crippen LogP contribution in [0.4, 0.5) is 5.82 Å². The first kappa shape index (κ1) is 16.2. The van der Waals surface area contributed by atoms with Crippen LogP contribution in [0.3, 0.4) is 0 Å². The van der Waals surface area contributed by atoms with Crippen LogP contribution in [-0.2, 0) is 0 Å². The van der Waals surface area contributed by atoms with Crippen LogP contribution in [-0.4, -0.2) is 16.1 Å². The highest BCUT2D eigenvalue weighted by molar-refractivity contribution is 5.85. The monoisotopic (exact) mass is 307 g/mol. The molecule has 0 bridgehead atoms. The summed E-state index contributed by atoms with van der Waals surface area (Å²) in [5, 5.41) is 4.78. The summed E-state index contributed by atoms with van der Waals surface area (Å²) >= 11 is 0. The van der Waals surface area contributed by atoms with Gasteiger partial charge in [0, 0.05) is 24.2 Å². The van der Waals surface area contributed by atoms with Gasteiger partial charge in [-0.2, -0.15) is 0 Å². The second-order valence-corrected chi connectivity index (χ2v) is 6.63. The molecule has 0 aromatic carbocycles. The lowest BCUT2D eigenvalue weighted by atomic mass is 10.0. The summed E-state index contributed by atoms with van der Waals surface area (Å²) < 4.78 is 2.30. The number of fused-ring (bicyclic) bond motifs is 1. The van der Waals surface area contributed by atoms with Crippen LogP contribution in [0.5, 0.6) is 0 Å². The van der Waals surface area contributed by atoms with E-state index in [-0.39, 0.29) is 12.4 Å². The van der Waals surface area contributed by atoms with Crippen LogP contribution in [0.2, 0.25) is 0 Å². The highest BCUT2D eigenvalue weighted by Gasteiger charge is 2.21. The highest BCUT2D eigenvalue weighted by Crippen LogP contribution is 2.31. The van der Waals surface area contributed by atoms with Crippen molar-refractivity contribution >= 4 is 29.3 Å². The van der Waals surface area contributed by atoms with Gasteiger partial charge < -0.3 is 9.88 Å². The molecule has 2 aromatic rings. The predicted molar refractivity (Wildman–Crippen MR) is 92.7 cm³/mol. The number of nitrogens with one attached hydrogen (secondary N) is 1. The minimum atomic E-state index is 0. The molecule has 2 heterocycles. The fourth-order valence-corrected chi connectivity index (χ4v) is 2.67. The molecule has 1 saturated carbocycles. The number of nitrogens with zero attached hydrogens (tertiary/aromatic N) is 2. The van der Waals surface area contributed by atoms with Gasteiger partial charge >= 0.3 is 0 Å². The van der Waals surface area contributed by atoms with Crippen molar-refractivity contribution in [3.63, 3.8) is 0 Å². The molecule has 1 fully saturated rings. The molecule has 0 radical (unpaired) electrons. The van der Waals surface area contributed by atoms with Gasteiger partial charge in [-0.1, -0.05) is 13.8 Å². The fraction of sp³-hybridized carbons (Fsp3) is 0.588. The second-order valence-electron chi connectivity index (χ2n) is 6.63.